The Kier molecular flexibility index (Phi) is 5.08. The van der Waals surface area contributed by atoms with E-state index in [1.54, 1.807) is 17.3 Å². The normalized spacial score (nSPS) is 20.4. The molecule has 1 saturated heterocycles. The van der Waals surface area contributed by atoms with Gasteiger partial charge in [0.2, 0.25) is 0 Å². The maximum absolute atomic E-state index is 13.1. The lowest BCUT2D eigenvalue weighted by Gasteiger charge is -2.38. The van der Waals surface area contributed by atoms with Crippen LogP contribution in [-0.4, -0.2) is 53.3 Å². The van der Waals surface area contributed by atoms with E-state index < -0.39 is 12.2 Å². The first-order valence-electron chi connectivity index (χ1n) is 9.13. The van der Waals surface area contributed by atoms with Gasteiger partial charge in [-0.25, -0.2) is 0 Å². The topological polar surface area (TPSA) is 65.1 Å². The molecule has 3 N–H and O–H groups in total. The number of hydrogen-bond acceptors (Lipinski definition) is 6. The minimum Gasteiger partial charge on any atom is -0.386 e. The third-order valence-corrected chi connectivity index (χ3v) is 4.86. The summed E-state index contributed by atoms with van der Waals surface area (Å²) < 4.78 is 39.3. The number of alkyl halides is 3. The van der Waals surface area contributed by atoms with Crippen molar-refractivity contribution in [2.24, 2.45) is 0 Å². The lowest BCUT2D eigenvalue weighted by Crippen LogP contribution is -2.57. The Hall–Kier alpha value is -2.81. The van der Waals surface area contributed by atoms with Crippen LogP contribution in [0.4, 0.5) is 13.2 Å². The van der Waals surface area contributed by atoms with Gasteiger partial charge >= 0.3 is 6.18 Å². The second-order valence-electron chi connectivity index (χ2n) is 6.78. The fourth-order valence-corrected chi connectivity index (χ4v) is 3.45. The smallest absolute Gasteiger partial charge is 0.386 e. The quantitative estimate of drug-likeness (QED) is 0.741. The van der Waals surface area contributed by atoms with Crippen molar-refractivity contribution in [2.75, 3.05) is 26.2 Å². The summed E-state index contributed by atoms with van der Waals surface area (Å²) in [5.74, 6) is 0. The van der Waals surface area contributed by atoms with E-state index in [1.807, 2.05) is 30.5 Å². The molecule has 2 aliphatic heterocycles. The molecule has 1 atom stereocenters. The first-order valence-corrected chi connectivity index (χ1v) is 9.13. The van der Waals surface area contributed by atoms with E-state index in [4.69, 9.17) is 0 Å². The molecule has 0 aliphatic carbocycles. The van der Waals surface area contributed by atoms with Crippen LogP contribution < -0.4 is 16.0 Å². The van der Waals surface area contributed by atoms with Crippen molar-refractivity contribution in [3.8, 4) is 0 Å². The lowest BCUT2D eigenvalue weighted by atomic mass is 10.1. The number of aromatic nitrogens is 2. The van der Waals surface area contributed by atoms with Crippen LogP contribution in [0.25, 0.3) is 11.0 Å². The highest BCUT2D eigenvalue weighted by atomic mass is 19.4. The Morgan fingerprint density at radius 2 is 2.00 bits per heavy atom. The molecule has 0 radical (unpaired) electrons. The van der Waals surface area contributed by atoms with Gasteiger partial charge in [-0.3, -0.25) is 9.97 Å². The van der Waals surface area contributed by atoms with Crippen LogP contribution in [0, 0.1) is 0 Å². The summed E-state index contributed by atoms with van der Waals surface area (Å²) >= 11 is 0. The molecule has 1 fully saturated rings. The summed E-state index contributed by atoms with van der Waals surface area (Å²) in [5.41, 5.74) is 4.24. The Morgan fingerprint density at radius 3 is 2.82 bits per heavy atom. The maximum Gasteiger partial charge on any atom is 0.405 e. The standard InChI is InChI=1S/C19H21F3N6/c20-19(21,22)18-12-28(8-7-26-18)17-3-4-23-11-16(17)27-10-13-1-2-14-15(9-13)25-6-5-24-14/h1-3,5-6,9,11,18,23,26-27H,4,7-8,10,12H2. The second-order valence-corrected chi connectivity index (χ2v) is 6.78. The van der Waals surface area contributed by atoms with E-state index in [1.165, 1.54) is 0 Å². The van der Waals surface area contributed by atoms with Crippen LogP contribution in [0.15, 0.2) is 54.3 Å². The number of dihydropyridines is 1. The van der Waals surface area contributed by atoms with E-state index in [2.05, 4.69) is 25.9 Å². The van der Waals surface area contributed by atoms with Crippen molar-refractivity contribution in [3.63, 3.8) is 0 Å². The molecule has 2 aromatic rings. The van der Waals surface area contributed by atoms with Gasteiger partial charge < -0.3 is 20.9 Å². The number of rotatable bonds is 4. The summed E-state index contributed by atoms with van der Waals surface area (Å²) in [7, 11) is 0. The summed E-state index contributed by atoms with van der Waals surface area (Å²) in [4.78, 5) is 10.4. The molecule has 0 bridgehead atoms. The number of piperazine rings is 1. The van der Waals surface area contributed by atoms with Crippen LogP contribution in [0.2, 0.25) is 0 Å². The molecule has 6 nitrogen and oxygen atoms in total. The van der Waals surface area contributed by atoms with Gasteiger partial charge in [0.05, 0.1) is 22.4 Å². The molecule has 9 heteroatoms. The first-order chi connectivity index (χ1) is 13.5. The molecule has 4 rings (SSSR count). The summed E-state index contributed by atoms with van der Waals surface area (Å²) in [6.07, 6.45) is 2.79. The number of fused-ring (bicyclic) bond motifs is 1. The molecular weight excluding hydrogens is 369 g/mol. The third-order valence-electron chi connectivity index (χ3n) is 4.86. The molecule has 148 valence electrons. The SMILES string of the molecule is FC(F)(F)C1CN(C2=CCNC=C2NCc2ccc3nccnc3c2)CCN1. The van der Waals surface area contributed by atoms with E-state index >= 15 is 0 Å². The number of hydrogen-bond donors (Lipinski definition) is 3. The highest BCUT2D eigenvalue weighted by Gasteiger charge is 2.42. The monoisotopic (exact) mass is 390 g/mol. The molecule has 2 aliphatic rings. The van der Waals surface area contributed by atoms with Crippen molar-refractivity contribution in [1.82, 2.24) is 30.8 Å². The van der Waals surface area contributed by atoms with Crippen LogP contribution >= 0.6 is 0 Å². The van der Waals surface area contributed by atoms with Gasteiger partial charge in [0, 0.05) is 51.3 Å². The number of benzene rings is 1. The molecule has 3 heterocycles. The Bertz CT molecular complexity index is 908. The van der Waals surface area contributed by atoms with Crippen LogP contribution in [-0.2, 0) is 6.54 Å². The second kappa shape index (κ2) is 7.67. The van der Waals surface area contributed by atoms with E-state index in [0.29, 0.717) is 26.2 Å². The maximum atomic E-state index is 13.1. The summed E-state index contributed by atoms with van der Waals surface area (Å²) in [6.45, 7) is 1.85. The van der Waals surface area contributed by atoms with Gasteiger partial charge in [-0.1, -0.05) is 6.07 Å². The van der Waals surface area contributed by atoms with E-state index in [0.717, 1.165) is 28.0 Å². The number of halogens is 3. The molecular formula is C19H21F3N6. The van der Waals surface area contributed by atoms with Crippen molar-refractivity contribution in [2.45, 2.75) is 18.8 Å². The van der Waals surface area contributed by atoms with Crippen LogP contribution in [0.1, 0.15) is 5.56 Å². The van der Waals surface area contributed by atoms with Crippen molar-refractivity contribution < 1.29 is 13.2 Å². The Morgan fingerprint density at radius 1 is 1.18 bits per heavy atom. The predicted octanol–water partition coefficient (Wildman–Crippen LogP) is 1.88. The molecule has 0 saturated carbocycles. The molecule has 28 heavy (non-hydrogen) atoms. The number of nitrogens with zero attached hydrogens (tertiary/aromatic N) is 3. The van der Waals surface area contributed by atoms with Crippen molar-refractivity contribution in [1.29, 1.82) is 0 Å². The van der Waals surface area contributed by atoms with Crippen molar-refractivity contribution in [3.05, 3.63) is 59.8 Å². The zero-order valence-corrected chi connectivity index (χ0v) is 15.1. The van der Waals surface area contributed by atoms with Gasteiger partial charge in [0.15, 0.2) is 0 Å². The molecule has 1 unspecified atom stereocenters. The lowest BCUT2D eigenvalue weighted by molar-refractivity contribution is -0.163. The van der Waals surface area contributed by atoms with Gasteiger partial charge in [-0.15, -0.1) is 0 Å². The van der Waals surface area contributed by atoms with Gasteiger partial charge in [-0.2, -0.15) is 13.2 Å². The molecule has 0 spiro atoms. The van der Waals surface area contributed by atoms with Gasteiger partial charge in [0.25, 0.3) is 0 Å². The fourth-order valence-electron chi connectivity index (χ4n) is 3.45. The van der Waals surface area contributed by atoms with Crippen LogP contribution in [0.3, 0.4) is 0 Å². The highest BCUT2D eigenvalue weighted by molar-refractivity contribution is 5.74. The third kappa shape index (κ3) is 4.04. The first kappa shape index (κ1) is 18.5. The highest BCUT2D eigenvalue weighted by Crippen LogP contribution is 2.26. The Balaban J connectivity index is 1.45. The number of nitrogens with one attached hydrogen (secondary N) is 3. The van der Waals surface area contributed by atoms with Gasteiger partial charge in [-0.05, 0) is 23.8 Å². The average Bonchev–Trinajstić information content (AvgIpc) is 2.72. The average molecular weight is 390 g/mol. The van der Waals surface area contributed by atoms with E-state index in [-0.39, 0.29) is 6.54 Å². The summed E-state index contributed by atoms with van der Waals surface area (Å²) in [6, 6.07) is 4.32. The summed E-state index contributed by atoms with van der Waals surface area (Å²) in [5, 5.41) is 9.02. The molecule has 0 amide bonds. The van der Waals surface area contributed by atoms with Gasteiger partial charge in [0.1, 0.15) is 6.04 Å². The van der Waals surface area contributed by atoms with E-state index in [9.17, 15) is 13.2 Å². The minimum atomic E-state index is -4.25. The minimum absolute atomic E-state index is 0.0973. The fraction of sp³-hybridized carbons (Fsp3) is 0.368. The predicted molar refractivity (Wildman–Crippen MR) is 100.0 cm³/mol. The van der Waals surface area contributed by atoms with Crippen molar-refractivity contribution >= 4 is 11.0 Å². The molecule has 1 aromatic heterocycles. The Labute approximate surface area is 160 Å². The zero-order valence-electron chi connectivity index (χ0n) is 15.1. The zero-order chi connectivity index (χ0) is 19.6. The van der Waals surface area contributed by atoms with Crippen LogP contribution in [0.5, 0.6) is 0 Å². The largest absolute Gasteiger partial charge is 0.405 e. The molecule has 1 aromatic carbocycles.